The molecule has 1 fully saturated rings. The molecule has 0 unspecified atom stereocenters. The Hall–Kier alpha value is -3.71. The summed E-state index contributed by atoms with van der Waals surface area (Å²) in [5, 5.41) is 6.36. The van der Waals surface area contributed by atoms with Gasteiger partial charge in [-0.3, -0.25) is 14.7 Å². The fourth-order valence-corrected chi connectivity index (χ4v) is 4.94. The van der Waals surface area contributed by atoms with Gasteiger partial charge in [0.05, 0.1) is 18.0 Å². The first-order valence-corrected chi connectivity index (χ1v) is 13.2. The van der Waals surface area contributed by atoms with Crippen LogP contribution in [-0.4, -0.2) is 46.5 Å². The molecule has 0 aliphatic carbocycles. The summed E-state index contributed by atoms with van der Waals surface area (Å²) in [5.74, 6) is 0.378. The number of aromatic nitrogens is 2. The molecule has 2 N–H and O–H groups in total. The van der Waals surface area contributed by atoms with Crippen LogP contribution in [0.4, 0.5) is 11.4 Å². The van der Waals surface area contributed by atoms with Gasteiger partial charge in [-0.1, -0.05) is 25.0 Å². The average molecular weight is 498 g/mol. The standard InChI is InChI=1S/C30H35N5O2/c1-21(2)37-29-10-8-25(19-33-29)34-30(36)26-11-12-32-28-9-7-23(16-27(26)28)24-15-22(17-31-18-24)20-35-13-5-3-4-6-14-35/h7-11,15-19,21,32H,3-6,12-14,20H2,1-2H3,(H,34,36). The molecule has 4 heterocycles. The smallest absolute Gasteiger partial charge is 0.256 e. The number of likely N-dealkylation sites (tertiary alicyclic amines) is 1. The molecule has 192 valence electrons. The lowest BCUT2D eigenvalue weighted by atomic mass is 9.95. The minimum Gasteiger partial charge on any atom is -0.475 e. The quantitative estimate of drug-likeness (QED) is 0.432. The number of carbonyl (C=O) groups is 1. The number of nitrogens with zero attached hydrogens (tertiary/aromatic N) is 3. The van der Waals surface area contributed by atoms with Gasteiger partial charge in [-0.05, 0) is 75.2 Å². The van der Waals surface area contributed by atoms with Gasteiger partial charge in [0.25, 0.3) is 5.91 Å². The Kier molecular flexibility index (Phi) is 7.80. The van der Waals surface area contributed by atoms with Crippen LogP contribution in [0.5, 0.6) is 5.88 Å². The van der Waals surface area contributed by atoms with Gasteiger partial charge in [-0.15, -0.1) is 0 Å². The predicted molar refractivity (Wildman–Crippen MR) is 149 cm³/mol. The van der Waals surface area contributed by atoms with Crippen LogP contribution >= 0.6 is 0 Å². The topological polar surface area (TPSA) is 79.4 Å². The van der Waals surface area contributed by atoms with Gasteiger partial charge in [0.15, 0.2) is 0 Å². The molecule has 5 rings (SSSR count). The van der Waals surface area contributed by atoms with Crippen LogP contribution < -0.4 is 15.4 Å². The number of rotatable bonds is 7. The highest BCUT2D eigenvalue weighted by Gasteiger charge is 2.20. The van der Waals surface area contributed by atoms with Crippen molar-refractivity contribution in [3.05, 3.63) is 72.2 Å². The van der Waals surface area contributed by atoms with E-state index in [4.69, 9.17) is 4.74 Å². The largest absolute Gasteiger partial charge is 0.475 e. The van der Waals surface area contributed by atoms with E-state index in [0.29, 0.717) is 23.7 Å². The molecule has 1 aromatic carbocycles. The van der Waals surface area contributed by atoms with Crippen LogP contribution in [0, 0.1) is 0 Å². The van der Waals surface area contributed by atoms with Crippen molar-refractivity contribution in [2.45, 2.75) is 52.2 Å². The molecule has 37 heavy (non-hydrogen) atoms. The number of benzene rings is 1. The zero-order chi connectivity index (χ0) is 25.6. The molecule has 0 saturated carbocycles. The first kappa shape index (κ1) is 25.0. The SMILES string of the molecule is CC(C)Oc1ccc(NC(=O)C2=CCNc3ccc(-c4cncc(CN5CCCCCC5)c4)cc32)cn1. The van der Waals surface area contributed by atoms with E-state index < -0.39 is 0 Å². The second kappa shape index (κ2) is 11.6. The molecule has 1 saturated heterocycles. The Morgan fingerprint density at radius 2 is 1.86 bits per heavy atom. The third-order valence-electron chi connectivity index (χ3n) is 6.74. The Balaban J connectivity index is 1.33. The van der Waals surface area contributed by atoms with Gasteiger partial charge in [-0.2, -0.15) is 0 Å². The van der Waals surface area contributed by atoms with Crippen LogP contribution in [0.1, 0.15) is 50.7 Å². The van der Waals surface area contributed by atoms with E-state index in [0.717, 1.165) is 42.0 Å². The molecule has 1 amide bonds. The lowest BCUT2D eigenvalue weighted by Gasteiger charge is -2.21. The number of hydrogen-bond donors (Lipinski definition) is 2. The number of ether oxygens (including phenoxy) is 1. The Labute approximate surface area is 219 Å². The Bertz CT molecular complexity index is 1260. The molecule has 2 aliphatic heterocycles. The van der Waals surface area contributed by atoms with Crippen LogP contribution in [0.15, 0.2) is 61.1 Å². The highest BCUT2D eigenvalue weighted by Crippen LogP contribution is 2.33. The normalized spacial score (nSPS) is 15.8. The minimum atomic E-state index is -0.160. The minimum absolute atomic E-state index is 0.0451. The van der Waals surface area contributed by atoms with E-state index in [1.165, 1.54) is 31.2 Å². The molecule has 7 nitrogen and oxygen atoms in total. The van der Waals surface area contributed by atoms with E-state index in [-0.39, 0.29) is 12.0 Å². The van der Waals surface area contributed by atoms with Crippen molar-refractivity contribution in [2.24, 2.45) is 0 Å². The van der Waals surface area contributed by atoms with E-state index >= 15 is 0 Å². The highest BCUT2D eigenvalue weighted by atomic mass is 16.5. The van der Waals surface area contributed by atoms with Crippen molar-refractivity contribution in [1.29, 1.82) is 0 Å². The summed E-state index contributed by atoms with van der Waals surface area (Å²) >= 11 is 0. The van der Waals surface area contributed by atoms with Crippen molar-refractivity contribution >= 4 is 22.9 Å². The number of anilines is 2. The van der Waals surface area contributed by atoms with Crippen LogP contribution in [-0.2, 0) is 11.3 Å². The number of nitrogens with one attached hydrogen (secondary N) is 2. The monoisotopic (exact) mass is 497 g/mol. The van der Waals surface area contributed by atoms with Gasteiger partial charge in [0.1, 0.15) is 0 Å². The lowest BCUT2D eigenvalue weighted by molar-refractivity contribution is -0.111. The molecule has 2 aromatic heterocycles. The molecule has 0 bridgehead atoms. The third-order valence-corrected chi connectivity index (χ3v) is 6.74. The molecule has 0 spiro atoms. The fraction of sp³-hybridized carbons (Fsp3) is 0.367. The van der Waals surface area contributed by atoms with Gasteiger partial charge in [0, 0.05) is 53.9 Å². The van der Waals surface area contributed by atoms with Gasteiger partial charge >= 0.3 is 0 Å². The van der Waals surface area contributed by atoms with Crippen LogP contribution in [0.25, 0.3) is 16.7 Å². The molecule has 7 heteroatoms. The number of carbonyl (C=O) groups excluding carboxylic acids is 1. The highest BCUT2D eigenvalue weighted by molar-refractivity contribution is 6.27. The second-order valence-electron chi connectivity index (χ2n) is 10.0. The van der Waals surface area contributed by atoms with Crippen LogP contribution in [0.3, 0.4) is 0 Å². The average Bonchev–Trinajstić information content (AvgIpc) is 3.17. The number of amides is 1. The van der Waals surface area contributed by atoms with Crippen molar-refractivity contribution in [3.8, 4) is 17.0 Å². The summed E-state index contributed by atoms with van der Waals surface area (Å²) in [6, 6.07) is 12.0. The molecular weight excluding hydrogens is 462 g/mol. The van der Waals surface area contributed by atoms with Crippen molar-refractivity contribution in [2.75, 3.05) is 30.3 Å². The maximum Gasteiger partial charge on any atom is 0.256 e. The Morgan fingerprint density at radius 1 is 1.03 bits per heavy atom. The number of fused-ring (bicyclic) bond motifs is 1. The summed E-state index contributed by atoms with van der Waals surface area (Å²) < 4.78 is 5.60. The van der Waals surface area contributed by atoms with Crippen molar-refractivity contribution in [1.82, 2.24) is 14.9 Å². The zero-order valence-electron chi connectivity index (χ0n) is 21.7. The van der Waals surface area contributed by atoms with E-state index in [1.54, 1.807) is 12.3 Å². The van der Waals surface area contributed by atoms with Crippen LogP contribution in [0.2, 0.25) is 0 Å². The summed E-state index contributed by atoms with van der Waals surface area (Å²) in [6.07, 6.45) is 12.7. The molecule has 0 radical (unpaired) electrons. The maximum atomic E-state index is 13.3. The molecule has 3 aromatic rings. The maximum absolute atomic E-state index is 13.3. The van der Waals surface area contributed by atoms with E-state index in [1.807, 2.05) is 44.4 Å². The fourth-order valence-electron chi connectivity index (χ4n) is 4.94. The molecule has 2 aliphatic rings. The van der Waals surface area contributed by atoms with Gasteiger partial charge < -0.3 is 15.4 Å². The first-order chi connectivity index (χ1) is 18.0. The summed E-state index contributed by atoms with van der Waals surface area (Å²) in [5.41, 5.74) is 6.43. The third kappa shape index (κ3) is 6.35. The van der Waals surface area contributed by atoms with Gasteiger partial charge in [-0.25, -0.2) is 4.98 Å². The molecular formula is C30H35N5O2. The Morgan fingerprint density at radius 3 is 2.62 bits per heavy atom. The second-order valence-corrected chi connectivity index (χ2v) is 10.0. The zero-order valence-corrected chi connectivity index (χ0v) is 21.7. The molecule has 0 atom stereocenters. The van der Waals surface area contributed by atoms with Crippen molar-refractivity contribution in [3.63, 3.8) is 0 Å². The summed E-state index contributed by atoms with van der Waals surface area (Å²) in [6.45, 7) is 7.74. The summed E-state index contributed by atoms with van der Waals surface area (Å²) in [7, 11) is 0. The predicted octanol–water partition coefficient (Wildman–Crippen LogP) is 5.75. The first-order valence-electron chi connectivity index (χ1n) is 13.2. The van der Waals surface area contributed by atoms with Gasteiger partial charge in [0.2, 0.25) is 5.88 Å². The number of hydrogen-bond acceptors (Lipinski definition) is 6. The van der Waals surface area contributed by atoms with E-state index in [2.05, 4.69) is 43.7 Å². The van der Waals surface area contributed by atoms with Crippen molar-refractivity contribution < 1.29 is 9.53 Å². The van der Waals surface area contributed by atoms with E-state index in [9.17, 15) is 4.79 Å². The lowest BCUT2D eigenvalue weighted by Crippen LogP contribution is -2.24. The summed E-state index contributed by atoms with van der Waals surface area (Å²) in [4.78, 5) is 24.6. The number of pyridine rings is 2.